The standard InChI is InChI=1S/C18H22FN/c1-12-7-5-6-8-17(12)15(4)20-11-16-9-13(2)18(19)14(3)10-16/h5-10,15,20H,11H2,1-4H3. The van der Waals surface area contributed by atoms with E-state index in [9.17, 15) is 4.39 Å². The van der Waals surface area contributed by atoms with Gasteiger partial charge in [0, 0.05) is 12.6 Å². The zero-order valence-electron chi connectivity index (χ0n) is 12.6. The van der Waals surface area contributed by atoms with Gasteiger partial charge in [0.05, 0.1) is 0 Å². The first-order valence-electron chi connectivity index (χ1n) is 7.03. The van der Waals surface area contributed by atoms with Crippen molar-refractivity contribution < 1.29 is 4.39 Å². The van der Waals surface area contributed by atoms with Gasteiger partial charge >= 0.3 is 0 Å². The molecule has 0 fully saturated rings. The van der Waals surface area contributed by atoms with Gasteiger partial charge in [0.1, 0.15) is 5.82 Å². The molecule has 2 aromatic rings. The maximum absolute atomic E-state index is 13.6. The van der Waals surface area contributed by atoms with Gasteiger partial charge in [0.25, 0.3) is 0 Å². The molecule has 0 aliphatic heterocycles. The SMILES string of the molecule is Cc1ccccc1C(C)NCc1cc(C)c(F)c(C)c1. The maximum Gasteiger partial charge on any atom is 0.129 e. The van der Waals surface area contributed by atoms with Crippen LogP contribution < -0.4 is 5.32 Å². The summed E-state index contributed by atoms with van der Waals surface area (Å²) in [5, 5.41) is 3.51. The van der Waals surface area contributed by atoms with E-state index in [4.69, 9.17) is 0 Å². The molecule has 0 spiro atoms. The zero-order valence-corrected chi connectivity index (χ0v) is 12.6. The third kappa shape index (κ3) is 3.26. The van der Waals surface area contributed by atoms with Gasteiger partial charge in [-0.3, -0.25) is 0 Å². The molecular weight excluding hydrogens is 249 g/mol. The molecule has 2 heteroatoms. The van der Waals surface area contributed by atoms with E-state index in [2.05, 4.69) is 43.4 Å². The lowest BCUT2D eigenvalue weighted by atomic mass is 10.0. The molecule has 106 valence electrons. The molecular formula is C18H22FN. The first-order chi connectivity index (χ1) is 9.49. The van der Waals surface area contributed by atoms with Crippen LogP contribution in [0.15, 0.2) is 36.4 Å². The highest BCUT2D eigenvalue weighted by molar-refractivity contribution is 5.31. The summed E-state index contributed by atoms with van der Waals surface area (Å²) in [6.45, 7) is 8.66. The Labute approximate surface area is 120 Å². The van der Waals surface area contributed by atoms with Crippen molar-refractivity contribution >= 4 is 0 Å². The van der Waals surface area contributed by atoms with Gasteiger partial charge in [-0.15, -0.1) is 0 Å². The molecule has 1 nitrogen and oxygen atoms in total. The monoisotopic (exact) mass is 271 g/mol. The second kappa shape index (κ2) is 6.19. The van der Waals surface area contributed by atoms with Gasteiger partial charge in [0.15, 0.2) is 0 Å². The maximum atomic E-state index is 13.6. The van der Waals surface area contributed by atoms with Crippen LogP contribution in [-0.4, -0.2) is 0 Å². The number of rotatable bonds is 4. The first kappa shape index (κ1) is 14.7. The van der Waals surface area contributed by atoms with Crippen molar-refractivity contribution in [3.05, 3.63) is 70.0 Å². The van der Waals surface area contributed by atoms with Gasteiger partial charge in [0.2, 0.25) is 0 Å². The smallest absolute Gasteiger partial charge is 0.129 e. The van der Waals surface area contributed by atoms with Crippen LogP contribution in [0.1, 0.15) is 40.8 Å². The number of aryl methyl sites for hydroxylation is 3. The summed E-state index contributed by atoms with van der Waals surface area (Å²) in [6.07, 6.45) is 0. The zero-order chi connectivity index (χ0) is 14.7. The highest BCUT2D eigenvalue weighted by Crippen LogP contribution is 2.19. The highest BCUT2D eigenvalue weighted by Gasteiger charge is 2.09. The molecule has 0 saturated heterocycles. The van der Waals surface area contributed by atoms with Crippen LogP contribution in [0.2, 0.25) is 0 Å². The van der Waals surface area contributed by atoms with Crippen LogP contribution in [0.3, 0.4) is 0 Å². The molecule has 0 aliphatic carbocycles. The topological polar surface area (TPSA) is 12.0 Å². The number of hydrogen-bond acceptors (Lipinski definition) is 1. The first-order valence-corrected chi connectivity index (χ1v) is 7.03. The van der Waals surface area contributed by atoms with Gasteiger partial charge in [-0.1, -0.05) is 36.4 Å². The van der Waals surface area contributed by atoms with Crippen molar-refractivity contribution in [3.63, 3.8) is 0 Å². The van der Waals surface area contributed by atoms with Crippen LogP contribution in [-0.2, 0) is 6.54 Å². The molecule has 0 saturated carbocycles. The van der Waals surface area contributed by atoms with E-state index in [0.29, 0.717) is 11.1 Å². The highest BCUT2D eigenvalue weighted by atomic mass is 19.1. The van der Waals surface area contributed by atoms with Gasteiger partial charge < -0.3 is 5.32 Å². The van der Waals surface area contributed by atoms with Crippen molar-refractivity contribution in [3.8, 4) is 0 Å². The van der Waals surface area contributed by atoms with Crippen molar-refractivity contribution in [2.75, 3.05) is 0 Å². The van der Waals surface area contributed by atoms with Crippen LogP contribution in [0.25, 0.3) is 0 Å². The average Bonchev–Trinajstić information content (AvgIpc) is 2.42. The molecule has 0 bridgehead atoms. The molecule has 0 aliphatic rings. The lowest BCUT2D eigenvalue weighted by Crippen LogP contribution is -2.19. The number of nitrogens with one attached hydrogen (secondary N) is 1. The predicted octanol–water partition coefficient (Wildman–Crippen LogP) is 4.60. The number of hydrogen-bond donors (Lipinski definition) is 1. The molecule has 20 heavy (non-hydrogen) atoms. The molecule has 2 aromatic carbocycles. The van der Waals surface area contributed by atoms with E-state index in [1.54, 1.807) is 0 Å². The lowest BCUT2D eigenvalue weighted by molar-refractivity contribution is 0.568. The minimum Gasteiger partial charge on any atom is -0.306 e. The molecule has 1 N–H and O–H groups in total. The summed E-state index contributed by atoms with van der Waals surface area (Å²) in [5.74, 6) is -0.0966. The van der Waals surface area contributed by atoms with Crippen LogP contribution in [0.4, 0.5) is 4.39 Å². The second-order valence-electron chi connectivity index (χ2n) is 5.50. The Morgan fingerprint density at radius 3 is 2.20 bits per heavy atom. The van der Waals surface area contributed by atoms with Crippen LogP contribution in [0.5, 0.6) is 0 Å². The van der Waals surface area contributed by atoms with Crippen molar-refractivity contribution in [1.82, 2.24) is 5.32 Å². The van der Waals surface area contributed by atoms with E-state index in [1.807, 2.05) is 26.0 Å². The normalized spacial score (nSPS) is 12.4. The Morgan fingerprint density at radius 1 is 1.00 bits per heavy atom. The average molecular weight is 271 g/mol. The Hall–Kier alpha value is -1.67. The molecule has 1 atom stereocenters. The molecule has 0 aromatic heterocycles. The predicted molar refractivity (Wildman–Crippen MR) is 82.3 cm³/mol. The van der Waals surface area contributed by atoms with Crippen LogP contribution in [0, 0.1) is 26.6 Å². The van der Waals surface area contributed by atoms with Crippen LogP contribution >= 0.6 is 0 Å². The van der Waals surface area contributed by atoms with E-state index >= 15 is 0 Å². The molecule has 0 amide bonds. The number of halogens is 1. The second-order valence-corrected chi connectivity index (χ2v) is 5.50. The third-order valence-corrected chi connectivity index (χ3v) is 3.76. The number of benzene rings is 2. The minimum absolute atomic E-state index is 0.0966. The Morgan fingerprint density at radius 2 is 1.60 bits per heavy atom. The molecule has 0 heterocycles. The summed E-state index contributed by atoms with van der Waals surface area (Å²) < 4.78 is 13.6. The quantitative estimate of drug-likeness (QED) is 0.856. The molecule has 0 radical (unpaired) electrons. The van der Waals surface area contributed by atoms with Crippen molar-refractivity contribution in [1.29, 1.82) is 0 Å². The fraction of sp³-hybridized carbons (Fsp3) is 0.333. The van der Waals surface area contributed by atoms with Gasteiger partial charge in [-0.05, 0) is 55.5 Å². The van der Waals surface area contributed by atoms with E-state index in [-0.39, 0.29) is 11.9 Å². The third-order valence-electron chi connectivity index (χ3n) is 3.76. The Kier molecular flexibility index (Phi) is 4.56. The van der Waals surface area contributed by atoms with Gasteiger partial charge in [-0.25, -0.2) is 4.39 Å². The fourth-order valence-corrected chi connectivity index (χ4v) is 2.59. The fourth-order valence-electron chi connectivity index (χ4n) is 2.59. The van der Waals surface area contributed by atoms with E-state index in [0.717, 1.165) is 12.1 Å². The summed E-state index contributed by atoms with van der Waals surface area (Å²) in [6, 6.07) is 12.5. The summed E-state index contributed by atoms with van der Waals surface area (Å²) in [5.41, 5.74) is 5.15. The van der Waals surface area contributed by atoms with E-state index in [1.165, 1.54) is 11.1 Å². The molecule has 1 unspecified atom stereocenters. The van der Waals surface area contributed by atoms with Gasteiger partial charge in [-0.2, -0.15) is 0 Å². The summed E-state index contributed by atoms with van der Waals surface area (Å²) in [4.78, 5) is 0. The van der Waals surface area contributed by atoms with Crippen molar-refractivity contribution in [2.45, 2.75) is 40.3 Å². The van der Waals surface area contributed by atoms with E-state index < -0.39 is 0 Å². The summed E-state index contributed by atoms with van der Waals surface area (Å²) in [7, 11) is 0. The summed E-state index contributed by atoms with van der Waals surface area (Å²) >= 11 is 0. The minimum atomic E-state index is -0.0966. The molecule has 2 rings (SSSR count). The Bertz CT molecular complexity index is 581. The Balaban J connectivity index is 2.07. The van der Waals surface area contributed by atoms with Crippen molar-refractivity contribution in [2.24, 2.45) is 0 Å². The largest absolute Gasteiger partial charge is 0.306 e. The lowest BCUT2D eigenvalue weighted by Gasteiger charge is -2.17.